The maximum absolute atomic E-state index is 5.00. The van der Waals surface area contributed by atoms with Crippen LogP contribution in [0.15, 0.2) is 140 Å². The van der Waals surface area contributed by atoms with Gasteiger partial charge in [-0.05, 0) is 72.5 Å². The van der Waals surface area contributed by atoms with Gasteiger partial charge in [-0.15, -0.1) is 52.8 Å². The van der Waals surface area contributed by atoms with Crippen LogP contribution in [0, 0.1) is 12.1 Å². The Bertz CT molecular complexity index is 2440. The summed E-state index contributed by atoms with van der Waals surface area (Å²) in [5, 5.41) is 0.887. The molecule has 5 aromatic carbocycles. The predicted octanol–water partition coefficient (Wildman–Crippen LogP) is 10.7. The van der Waals surface area contributed by atoms with Crippen LogP contribution >= 0.6 is 11.3 Å². The third-order valence-corrected chi connectivity index (χ3v) is 9.42. The van der Waals surface area contributed by atoms with Crippen LogP contribution in [0.1, 0.15) is 20.8 Å². The fourth-order valence-electron chi connectivity index (χ4n) is 5.98. The van der Waals surface area contributed by atoms with Gasteiger partial charge in [0.15, 0.2) is 5.65 Å². The summed E-state index contributed by atoms with van der Waals surface area (Å²) < 4.78 is 0.912. The Labute approximate surface area is 316 Å². The van der Waals surface area contributed by atoms with Gasteiger partial charge >= 0.3 is 21.1 Å². The van der Waals surface area contributed by atoms with E-state index >= 15 is 0 Å². The molecule has 0 atom stereocenters. The molecule has 0 aliphatic carbocycles. The van der Waals surface area contributed by atoms with Crippen molar-refractivity contribution >= 4 is 33.6 Å². The number of hydrogen-bond donors (Lipinski definition) is 0. The van der Waals surface area contributed by atoms with E-state index in [0.717, 1.165) is 37.7 Å². The first-order valence-electron chi connectivity index (χ1n) is 16.4. The van der Waals surface area contributed by atoms with Crippen molar-refractivity contribution in [2.24, 2.45) is 0 Å². The first kappa shape index (κ1) is 34.1. The monoisotopic (exact) mass is 859 g/mol. The molecule has 0 saturated carbocycles. The van der Waals surface area contributed by atoms with Crippen molar-refractivity contribution in [1.29, 1.82) is 0 Å². The van der Waals surface area contributed by atoms with Gasteiger partial charge in [-0.2, -0.15) is 35.3 Å². The Morgan fingerprint density at radius 3 is 1.82 bits per heavy atom. The summed E-state index contributed by atoms with van der Waals surface area (Å²) in [7, 11) is 0. The molecule has 250 valence electrons. The van der Waals surface area contributed by atoms with Gasteiger partial charge in [-0.1, -0.05) is 60.7 Å². The molecule has 8 heteroatoms. The molecule has 0 unspecified atom stereocenters. The minimum Gasteiger partial charge on any atom is -0.274 e. The second-order valence-corrected chi connectivity index (χ2v) is 14.0. The van der Waals surface area contributed by atoms with Gasteiger partial charge in [-0.25, -0.2) is 15.0 Å². The van der Waals surface area contributed by atoms with Crippen LogP contribution in [0.3, 0.4) is 0 Å². The fourth-order valence-corrected chi connectivity index (χ4v) is 6.85. The van der Waals surface area contributed by atoms with Crippen molar-refractivity contribution in [1.82, 2.24) is 24.9 Å². The first-order chi connectivity index (χ1) is 24.4. The maximum Gasteiger partial charge on any atom is 2.00 e. The molecule has 3 aromatic heterocycles. The Morgan fingerprint density at radius 1 is 0.588 bits per heavy atom. The van der Waals surface area contributed by atoms with Gasteiger partial charge in [-0.3, -0.25) is 9.88 Å². The summed E-state index contributed by atoms with van der Waals surface area (Å²) in [4.78, 5) is 26.2. The van der Waals surface area contributed by atoms with Crippen LogP contribution in [0.25, 0.3) is 65.6 Å². The van der Waals surface area contributed by atoms with Crippen LogP contribution in [-0.2, 0) is 21.1 Å². The maximum atomic E-state index is 5.00. The van der Waals surface area contributed by atoms with Crippen molar-refractivity contribution in [3.05, 3.63) is 152 Å². The van der Waals surface area contributed by atoms with E-state index in [4.69, 9.17) is 19.9 Å². The molecule has 51 heavy (non-hydrogen) atoms. The molecule has 0 radical (unpaired) electrons. The SMILES string of the molecule is CC(C)(C)N(c1nccc(-c2[c-]cccc2)n1)c1ncc2sc(-c3cccc(-c4cccc(-c5cccc(-c6cc[c-]cc6)c5)c4)c3)nc2n1.[Pt+2]. The molecule has 8 rings (SSSR count). The fraction of sp³-hybridized carbons (Fsp3) is 0.0930. The average Bonchev–Trinajstić information content (AvgIpc) is 3.59. The number of thiazole rings is 1. The number of hydrogen-bond acceptors (Lipinski definition) is 7. The molecule has 3 heterocycles. The van der Waals surface area contributed by atoms with E-state index in [0.29, 0.717) is 17.5 Å². The summed E-state index contributed by atoms with van der Waals surface area (Å²) >= 11 is 1.59. The zero-order valence-electron chi connectivity index (χ0n) is 28.2. The molecule has 0 spiro atoms. The zero-order chi connectivity index (χ0) is 34.1. The van der Waals surface area contributed by atoms with E-state index < -0.39 is 5.54 Å². The number of fused-ring (bicyclic) bond motifs is 1. The standard InChI is InChI=1S/C43H32N6S.Pt/c1-43(2,3)49(41-44-24-23-37(46-41)30-15-8-5-9-16-30)42-45-28-38-39(48-42)47-40(50-38)36-22-12-21-35(27-36)34-20-11-19-33(26-34)32-18-10-17-31(25-32)29-13-6-4-7-14-29;/h5-15,17-28H,1-3H3;/q-2;+2. The van der Waals surface area contributed by atoms with Crippen LogP contribution < -0.4 is 4.90 Å². The molecule has 0 amide bonds. The number of benzene rings is 5. The summed E-state index contributed by atoms with van der Waals surface area (Å²) in [5.74, 6) is 1.01. The quantitative estimate of drug-likeness (QED) is 0.149. The van der Waals surface area contributed by atoms with E-state index in [2.05, 4.69) is 123 Å². The second kappa shape index (κ2) is 14.5. The van der Waals surface area contributed by atoms with Crippen molar-refractivity contribution < 1.29 is 21.1 Å². The van der Waals surface area contributed by atoms with Gasteiger partial charge in [0.1, 0.15) is 5.01 Å². The molecular weight excluding hydrogens is 828 g/mol. The van der Waals surface area contributed by atoms with Gasteiger partial charge in [0.2, 0.25) is 11.9 Å². The molecule has 0 bridgehead atoms. The molecule has 0 N–H and O–H groups in total. The summed E-state index contributed by atoms with van der Waals surface area (Å²) in [5.41, 5.74) is 9.91. The van der Waals surface area contributed by atoms with Crippen molar-refractivity contribution in [2.45, 2.75) is 26.3 Å². The number of anilines is 2. The minimum absolute atomic E-state index is 0. The number of aromatic nitrogens is 5. The average molecular weight is 860 g/mol. The predicted molar refractivity (Wildman–Crippen MR) is 204 cm³/mol. The van der Waals surface area contributed by atoms with E-state index in [1.807, 2.05) is 53.6 Å². The largest absolute Gasteiger partial charge is 2.00 e. The van der Waals surface area contributed by atoms with Gasteiger partial charge in [0, 0.05) is 17.3 Å². The van der Waals surface area contributed by atoms with Gasteiger partial charge in [0.05, 0.1) is 10.9 Å². The zero-order valence-corrected chi connectivity index (χ0v) is 31.3. The second-order valence-electron chi connectivity index (χ2n) is 12.9. The Kier molecular flexibility index (Phi) is 9.68. The van der Waals surface area contributed by atoms with Crippen LogP contribution in [0.5, 0.6) is 0 Å². The van der Waals surface area contributed by atoms with Crippen LogP contribution in [-0.4, -0.2) is 30.5 Å². The molecule has 8 aromatic rings. The third kappa shape index (κ3) is 7.27. The van der Waals surface area contributed by atoms with E-state index in [1.165, 1.54) is 22.3 Å². The summed E-state index contributed by atoms with van der Waals surface area (Å²) in [6.07, 6.45) is 3.61. The van der Waals surface area contributed by atoms with Crippen molar-refractivity contribution in [2.75, 3.05) is 4.90 Å². The van der Waals surface area contributed by atoms with E-state index in [9.17, 15) is 0 Å². The molecule has 0 saturated heterocycles. The summed E-state index contributed by atoms with van der Waals surface area (Å²) in [6, 6.07) is 50.0. The smallest absolute Gasteiger partial charge is 0.274 e. The van der Waals surface area contributed by atoms with Crippen LogP contribution in [0.2, 0.25) is 0 Å². The normalized spacial score (nSPS) is 11.3. The van der Waals surface area contributed by atoms with Crippen molar-refractivity contribution in [3.8, 4) is 55.2 Å². The van der Waals surface area contributed by atoms with Gasteiger partial charge in [0.25, 0.3) is 0 Å². The number of nitrogens with zero attached hydrogens (tertiary/aromatic N) is 6. The summed E-state index contributed by atoms with van der Waals surface area (Å²) in [6.45, 7) is 6.28. The molecular formula is C43H32N6PtS. The Balaban J connectivity index is 0.00000406. The number of rotatable bonds is 7. The minimum atomic E-state index is -0.407. The molecule has 6 nitrogen and oxygen atoms in total. The van der Waals surface area contributed by atoms with E-state index in [-0.39, 0.29) is 21.1 Å². The molecule has 0 aliphatic rings. The topological polar surface area (TPSA) is 67.7 Å². The molecule has 0 fully saturated rings. The van der Waals surface area contributed by atoms with Crippen molar-refractivity contribution in [3.63, 3.8) is 0 Å². The Hall–Kier alpha value is -5.36. The Morgan fingerprint density at radius 2 is 1.20 bits per heavy atom. The van der Waals surface area contributed by atoms with Gasteiger partial charge < -0.3 is 0 Å². The third-order valence-electron chi connectivity index (χ3n) is 8.39. The molecule has 0 aliphatic heterocycles. The van der Waals surface area contributed by atoms with Crippen LogP contribution in [0.4, 0.5) is 11.9 Å². The first-order valence-corrected chi connectivity index (χ1v) is 17.2. The van der Waals surface area contributed by atoms with E-state index in [1.54, 1.807) is 17.5 Å².